The average molecular weight is 572 g/mol. The van der Waals surface area contributed by atoms with Gasteiger partial charge in [-0.1, -0.05) is 50.7 Å². The van der Waals surface area contributed by atoms with Crippen molar-refractivity contribution >= 4 is 11.6 Å². The van der Waals surface area contributed by atoms with Crippen LogP contribution in [0.5, 0.6) is 11.5 Å². The summed E-state index contributed by atoms with van der Waals surface area (Å²) >= 11 is 0. The number of piperidine rings is 1. The van der Waals surface area contributed by atoms with Gasteiger partial charge in [-0.15, -0.1) is 0 Å². The second kappa shape index (κ2) is 13.2. The maximum atomic E-state index is 14.1. The van der Waals surface area contributed by atoms with E-state index in [0.717, 1.165) is 79.1 Å². The summed E-state index contributed by atoms with van der Waals surface area (Å²) in [6.45, 7) is 7.24. The van der Waals surface area contributed by atoms with Crippen LogP contribution in [0.15, 0.2) is 41.4 Å². The normalized spacial score (nSPS) is 23.5. The van der Waals surface area contributed by atoms with Gasteiger partial charge in [0.25, 0.3) is 5.91 Å². The van der Waals surface area contributed by atoms with Crippen molar-refractivity contribution in [2.45, 2.75) is 109 Å². The lowest BCUT2D eigenvalue weighted by atomic mass is 9.79. The molecule has 0 radical (unpaired) electrons. The van der Waals surface area contributed by atoms with Crippen molar-refractivity contribution in [2.75, 3.05) is 33.4 Å². The molecule has 2 aromatic carbocycles. The molecule has 2 atom stereocenters. The van der Waals surface area contributed by atoms with Crippen LogP contribution >= 0.6 is 0 Å². The molecule has 6 rings (SSSR count). The number of likely N-dealkylation sites (tertiary alicyclic amines) is 1. The molecule has 0 aromatic heterocycles. The Hall–Kier alpha value is -2.86. The van der Waals surface area contributed by atoms with Crippen LogP contribution in [0.2, 0.25) is 0 Å². The Morgan fingerprint density at radius 3 is 2.05 bits per heavy atom. The number of rotatable bonds is 8. The van der Waals surface area contributed by atoms with Gasteiger partial charge < -0.3 is 19.3 Å². The number of aliphatic imine (C=N–C) groups is 1. The number of carbonyl (C=O) groups excluding carboxylic acids is 1. The SMILES string of the molecule is CCOc1cc2c(cc1OCC)[C@H]1CN(C)CC[C@H]1N=C2c1ccc(C(=O)N(C2CCCCC2)C2CCCCC2)cc1. The molecule has 2 saturated carbocycles. The molecular weight excluding hydrogens is 522 g/mol. The zero-order valence-corrected chi connectivity index (χ0v) is 25.9. The molecule has 0 N–H and O–H groups in total. The number of carbonyl (C=O) groups is 1. The second-order valence-corrected chi connectivity index (χ2v) is 12.8. The molecule has 226 valence electrons. The van der Waals surface area contributed by atoms with Crippen LogP contribution in [0.1, 0.15) is 117 Å². The molecule has 0 unspecified atom stereocenters. The molecule has 2 aliphatic carbocycles. The molecule has 4 aliphatic rings. The average Bonchev–Trinajstić information content (AvgIpc) is 3.03. The van der Waals surface area contributed by atoms with Gasteiger partial charge >= 0.3 is 0 Å². The highest BCUT2D eigenvalue weighted by atomic mass is 16.5. The maximum Gasteiger partial charge on any atom is 0.254 e. The Morgan fingerprint density at radius 1 is 0.857 bits per heavy atom. The minimum atomic E-state index is 0.224. The highest BCUT2D eigenvalue weighted by Gasteiger charge is 2.37. The van der Waals surface area contributed by atoms with Gasteiger partial charge in [-0.25, -0.2) is 0 Å². The molecule has 6 nitrogen and oxygen atoms in total. The Kier molecular flexibility index (Phi) is 9.18. The smallest absolute Gasteiger partial charge is 0.254 e. The first-order valence-electron chi connectivity index (χ1n) is 16.7. The quantitative estimate of drug-likeness (QED) is 0.335. The highest BCUT2D eigenvalue weighted by molar-refractivity contribution is 6.15. The summed E-state index contributed by atoms with van der Waals surface area (Å²) in [5, 5.41) is 0. The number of ether oxygens (including phenoxy) is 2. The van der Waals surface area contributed by atoms with E-state index in [9.17, 15) is 4.79 Å². The summed E-state index contributed by atoms with van der Waals surface area (Å²) in [4.78, 5) is 24.2. The van der Waals surface area contributed by atoms with E-state index in [4.69, 9.17) is 14.5 Å². The van der Waals surface area contributed by atoms with Crippen molar-refractivity contribution in [3.05, 3.63) is 58.7 Å². The predicted molar refractivity (Wildman–Crippen MR) is 169 cm³/mol. The number of hydrogen-bond donors (Lipinski definition) is 0. The molecule has 2 aliphatic heterocycles. The third kappa shape index (κ3) is 5.97. The van der Waals surface area contributed by atoms with E-state index in [0.29, 0.717) is 31.2 Å². The predicted octanol–water partition coefficient (Wildman–Crippen LogP) is 7.23. The number of nitrogens with zero attached hydrogens (tertiary/aromatic N) is 3. The number of fused-ring (bicyclic) bond motifs is 3. The van der Waals surface area contributed by atoms with Crippen LogP contribution in [0.4, 0.5) is 0 Å². The van der Waals surface area contributed by atoms with Crippen molar-refractivity contribution in [1.29, 1.82) is 0 Å². The second-order valence-electron chi connectivity index (χ2n) is 12.8. The first kappa shape index (κ1) is 29.2. The first-order valence-corrected chi connectivity index (χ1v) is 16.7. The molecule has 0 bridgehead atoms. The molecule has 0 spiro atoms. The summed E-state index contributed by atoms with van der Waals surface area (Å²) < 4.78 is 12.1. The molecule has 2 heterocycles. The van der Waals surface area contributed by atoms with Crippen molar-refractivity contribution in [3.8, 4) is 11.5 Å². The summed E-state index contributed by atoms with van der Waals surface area (Å²) in [6, 6.07) is 13.7. The van der Waals surface area contributed by atoms with Crippen molar-refractivity contribution < 1.29 is 14.3 Å². The Labute approximate surface area is 252 Å². The third-order valence-electron chi connectivity index (χ3n) is 10.0. The summed E-state index contributed by atoms with van der Waals surface area (Å²) in [7, 11) is 2.20. The standard InChI is InChI=1S/C36H49N3O3/c1-4-41-33-22-29-30(23-34(33)42-5-2)35(37-32-20-21-38(3)24-31(29)32)25-16-18-26(19-17-25)36(40)39(27-12-8-6-9-13-27)28-14-10-7-11-15-28/h16-19,22-23,27-28,31-32H,4-15,20-21,24H2,1-3H3/t31-,32-/m1/s1. The van der Waals surface area contributed by atoms with E-state index in [1.54, 1.807) is 0 Å². The minimum absolute atomic E-state index is 0.224. The molecular formula is C36H49N3O3. The zero-order valence-electron chi connectivity index (χ0n) is 25.9. The van der Waals surface area contributed by atoms with Gasteiger partial charge in [0, 0.05) is 41.2 Å². The van der Waals surface area contributed by atoms with E-state index in [2.05, 4.69) is 53.2 Å². The Morgan fingerprint density at radius 2 is 1.45 bits per heavy atom. The monoisotopic (exact) mass is 571 g/mol. The fourth-order valence-electron chi connectivity index (χ4n) is 7.92. The molecule has 3 fully saturated rings. The number of benzene rings is 2. The van der Waals surface area contributed by atoms with Crippen LogP contribution in [-0.4, -0.2) is 72.9 Å². The van der Waals surface area contributed by atoms with Gasteiger partial charge in [-0.2, -0.15) is 0 Å². The van der Waals surface area contributed by atoms with Crippen LogP contribution in [0.25, 0.3) is 0 Å². The van der Waals surface area contributed by atoms with Gasteiger partial charge in [0.15, 0.2) is 11.5 Å². The molecule has 2 aromatic rings. The van der Waals surface area contributed by atoms with Crippen molar-refractivity contribution in [1.82, 2.24) is 9.80 Å². The van der Waals surface area contributed by atoms with E-state index in [1.165, 1.54) is 44.1 Å². The lowest BCUT2D eigenvalue weighted by molar-refractivity contribution is 0.0448. The van der Waals surface area contributed by atoms with E-state index in [1.807, 2.05) is 13.8 Å². The van der Waals surface area contributed by atoms with E-state index >= 15 is 0 Å². The van der Waals surface area contributed by atoms with Gasteiger partial charge in [0.1, 0.15) is 0 Å². The summed E-state index contributed by atoms with van der Waals surface area (Å²) in [6.07, 6.45) is 13.2. The lowest BCUT2D eigenvalue weighted by Crippen LogP contribution is -2.48. The largest absolute Gasteiger partial charge is 0.490 e. The zero-order chi connectivity index (χ0) is 29.1. The molecule has 42 heavy (non-hydrogen) atoms. The topological polar surface area (TPSA) is 54.4 Å². The van der Waals surface area contributed by atoms with Crippen molar-refractivity contribution in [2.24, 2.45) is 4.99 Å². The van der Waals surface area contributed by atoms with Gasteiger partial charge in [0.05, 0.1) is 25.0 Å². The Bertz CT molecular complexity index is 1240. The van der Waals surface area contributed by atoms with Crippen LogP contribution in [-0.2, 0) is 0 Å². The summed E-state index contributed by atoms with van der Waals surface area (Å²) in [5.41, 5.74) is 5.31. The highest BCUT2D eigenvalue weighted by Crippen LogP contribution is 2.42. The molecule has 1 amide bonds. The minimum Gasteiger partial charge on any atom is -0.490 e. The van der Waals surface area contributed by atoms with Crippen LogP contribution in [0, 0.1) is 0 Å². The van der Waals surface area contributed by atoms with Crippen LogP contribution in [0.3, 0.4) is 0 Å². The van der Waals surface area contributed by atoms with Gasteiger partial charge in [-0.05, 0) is 89.4 Å². The van der Waals surface area contributed by atoms with Crippen LogP contribution < -0.4 is 9.47 Å². The van der Waals surface area contributed by atoms with Gasteiger partial charge in [0.2, 0.25) is 0 Å². The van der Waals surface area contributed by atoms with Gasteiger partial charge in [-0.3, -0.25) is 9.79 Å². The fourth-order valence-corrected chi connectivity index (χ4v) is 7.92. The maximum absolute atomic E-state index is 14.1. The Balaban J connectivity index is 1.33. The van der Waals surface area contributed by atoms with Crippen molar-refractivity contribution in [3.63, 3.8) is 0 Å². The fraction of sp³-hybridized carbons (Fsp3) is 0.611. The molecule has 6 heteroatoms. The first-order chi connectivity index (χ1) is 20.6. The van der Waals surface area contributed by atoms with E-state index < -0.39 is 0 Å². The lowest BCUT2D eigenvalue weighted by Gasteiger charge is -2.42. The van der Waals surface area contributed by atoms with E-state index in [-0.39, 0.29) is 11.9 Å². The molecule has 1 saturated heterocycles. The number of likely N-dealkylation sites (N-methyl/N-ethyl adjacent to an activating group) is 1. The summed E-state index contributed by atoms with van der Waals surface area (Å²) in [5.74, 6) is 2.15. The third-order valence-corrected chi connectivity index (χ3v) is 10.0. The number of hydrogen-bond acceptors (Lipinski definition) is 5. The number of amides is 1.